The van der Waals surface area contributed by atoms with E-state index in [0.29, 0.717) is 38.5 Å². The molecule has 12 heteroatoms. The molecule has 0 aromatic carbocycles. The summed E-state index contributed by atoms with van der Waals surface area (Å²) in [5.74, 6) is -1.48. The molecule has 1 rings (SSSR count). The second kappa shape index (κ2) is 33.2. The number of aliphatic hydroxyl groups is 3. The molecule has 11 nitrogen and oxygen atoms in total. The van der Waals surface area contributed by atoms with Crippen LogP contribution in [0.4, 0.5) is 0 Å². The monoisotopic (exact) mass is 801 g/mol. The third-order valence-corrected chi connectivity index (χ3v) is 10.7. The SMILES string of the molecule is CCCCCCCC/C=C\CCCCCCCCCC(=O)O[C@H](COC(=O)CCC/C=C/C[C@@H]1[C@@H](/C=C/[C@@H](O)CCCCC)[C@H](O)C[C@@H]1O)COP(=O)(O)O. The quantitative estimate of drug-likeness (QED) is 0.0178. The summed E-state index contributed by atoms with van der Waals surface area (Å²) in [5.41, 5.74) is 0. The van der Waals surface area contributed by atoms with E-state index in [1.165, 1.54) is 64.2 Å². The van der Waals surface area contributed by atoms with Gasteiger partial charge in [-0.05, 0) is 63.7 Å². The second-order valence-electron chi connectivity index (χ2n) is 15.3. The molecule has 320 valence electrons. The van der Waals surface area contributed by atoms with Crippen LogP contribution in [0.3, 0.4) is 0 Å². The molecule has 0 aromatic heterocycles. The van der Waals surface area contributed by atoms with Gasteiger partial charge in [-0.3, -0.25) is 14.1 Å². The lowest BCUT2D eigenvalue weighted by atomic mass is 9.89. The minimum atomic E-state index is -4.82. The van der Waals surface area contributed by atoms with Crippen molar-refractivity contribution in [2.75, 3.05) is 13.2 Å². The van der Waals surface area contributed by atoms with E-state index in [1.807, 2.05) is 18.2 Å². The number of hydrogen-bond acceptors (Lipinski definition) is 9. The van der Waals surface area contributed by atoms with Gasteiger partial charge in [-0.1, -0.05) is 134 Å². The summed E-state index contributed by atoms with van der Waals surface area (Å²) in [7, 11) is -4.82. The third kappa shape index (κ3) is 29.1. The summed E-state index contributed by atoms with van der Waals surface area (Å²) in [6.45, 7) is 3.37. The Balaban J connectivity index is 2.28. The molecule has 5 N–H and O–H groups in total. The van der Waals surface area contributed by atoms with Gasteiger partial charge in [-0.25, -0.2) is 4.57 Å². The zero-order valence-corrected chi connectivity index (χ0v) is 35.0. The normalized spacial score (nSPS) is 20.2. The lowest BCUT2D eigenvalue weighted by molar-refractivity contribution is -0.161. The lowest BCUT2D eigenvalue weighted by Crippen LogP contribution is -2.29. The van der Waals surface area contributed by atoms with Gasteiger partial charge in [0.1, 0.15) is 6.61 Å². The molecule has 0 spiro atoms. The fourth-order valence-corrected chi connectivity index (χ4v) is 7.25. The zero-order chi connectivity index (χ0) is 40.6. The molecular weight excluding hydrogens is 723 g/mol. The van der Waals surface area contributed by atoms with Gasteiger partial charge in [0.25, 0.3) is 0 Å². The molecule has 0 bridgehead atoms. The van der Waals surface area contributed by atoms with Crippen LogP contribution in [0.1, 0.15) is 174 Å². The highest BCUT2D eigenvalue weighted by Gasteiger charge is 2.39. The maximum absolute atomic E-state index is 12.5. The highest BCUT2D eigenvalue weighted by Crippen LogP contribution is 2.37. The van der Waals surface area contributed by atoms with Crippen molar-refractivity contribution in [3.63, 3.8) is 0 Å². The van der Waals surface area contributed by atoms with Gasteiger partial charge in [-0.15, -0.1) is 0 Å². The van der Waals surface area contributed by atoms with Crippen molar-refractivity contribution in [1.82, 2.24) is 0 Å². The Labute approximate surface area is 332 Å². The van der Waals surface area contributed by atoms with Crippen LogP contribution in [-0.4, -0.2) is 74.7 Å². The predicted octanol–water partition coefficient (Wildman–Crippen LogP) is 9.34. The van der Waals surface area contributed by atoms with Gasteiger partial charge in [0.15, 0.2) is 6.10 Å². The Bertz CT molecular complexity index is 1100. The number of unbranched alkanes of at least 4 members (excludes halogenated alkanes) is 16. The molecular formula is C43H77O11P. The maximum Gasteiger partial charge on any atom is 0.469 e. The van der Waals surface area contributed by atoms with E-state index in [2.05, 4.69) is 30.5 Å². The van der Waals surface area contributed by atoms with Crippen LogP contribution >= 0.6 is 7.82 Å². The van der Waals surface area contributed by atoms with Crippen molar-refractivity contribution in [3.05, 3.63) is 36.5 Å². The van der Waals surface area contributed by atoms with Gasteiger partial charge in [0, 0.05) is 25.2 Å². The molecule has 0 saturated heterocycles. The minimum absolute atomic E-state index is 0.0896. The third-order valence-electron chi connectivity index (χ3n) is 10.2. The zero-order valence-electron chi connectivity index (χ0n) is 34.2. The molecule has 0 heterocycles. The van der Waals surface area contributed by atoms with Crippen molar-refractivity contribution >= 4 is 19.8 Å². The van der Waals surface area contributed by atoms with Crippen molar-refractivity contribution in [1.29, 1.82) is 0 Å². The number of aliphatic hydroxyl groups excluding tert-OH is 3. The smallest absolute Gasteiger partial charge is 0.462 e. The van der Waals surface area contributed by atoms with Gasteiger partial charge < -0.3 is 34.6 Å². The second-order valence-corrected chi connectivity index (χ2v) is 16.5. The first-order chi connectivity index (χ1) is 26.5. The van der Waals surface area contributed by atoms with E-state index in [-0.39, 0.29) is 31.3 Å². The van der Waals surface area contributed by atoms with Crippen molar-refractivity contribution in [2.24, 2.45) is 11.8 Å². The number of carbonyl (C=O) groups is 2. The van der Waals surface area contributed by atoms with Crippen LogP contribution in [0.5, 0.6) is 0 Å². The van der Waals surface area contributed by atoms with E-state index >= 15 is 0 Å². The molecule has 1 saturated carbocycles. The van der Waals surface area contributed by atoms with E-state index in [1.54, 1.807) is 6.08 Å². The fraction of sp³-hybridized carbons (Fsp3) is 0.814. The average Bonchev–Trinajstić information content (AvgIpc) is 3.41. The number of phosphoric acid groups is 1. The van der Waals surface area contributed by atoms with Gasteiger partial charge in [0.05, 0.1) is 24.9 Å². The molecule has 55 heavy (non-hydrogen) atoms. The highest BCUT2D eigenvalue weighted by atomic mass is 31.2. The van der Waals surface area contributed by atoms with E-state index < -0.39 is 50.8 Å². The first-order valence-electron chi connectivity index (χ1n) is 21.5. The Morgan fingerprint density at radius 2 is 1.24 bits per heavy atom. The van der Waals surface area contributed by atoms with Crippen LogP contribution in [-0.2, 0) is 28.2 Å². The molecule has 0 unspecified atom stereocenters. The first-order valence-corrected chi connectivity index (χ1v) is 23.1. The van der Waals surface area contributed by atoms with Crippen LogP contribution in [0.25, 0.3) is 0 Å². The summed E-state index contributed by atoms with van der Waals surface area (Å²) in [6.07, 6.45) is 32.4. The summed E-state index contributed by atoms with van der Waals surface area (Å²) < 4.78 is 26.4. The number of carbonyl (C=O) groups excluding carboxylic acids is 2. The van der Waals surface area contributed by atoms with Crippen molar-refractivity contribution < 1.29 is 53.3 Å². The molecule has 1 aliphatic rings. The van der Waals surface area contributed by atoms with Gasteiger partial charge in [-0.2, -0.15) is 0 Å². The summed E-state index contributed by atoms with van der Waals surface area (Å²) >= 11 is 0. The average molecular weight is 801 g/mol. The number of hydrogen-bond donors (Lipinski definition) is 5. The Kier molecular flexibility index (Phi) is 30.8. The molecule has 0 aliphatic heterocycles. The largest absolute Gasteiger partial charge is 0.469 e. The summed E-state index contributed by atoms with van der Waals surface area (Å²) in [6, 6.07) is 0. The molecule has 1 aliphatic carbocycles. The Morgan fingerprint density at radius 1 is 0.691 bits per heavy atom. The molecule has 6 atom stereocenters. The first kappa shape index (κ1) is 51.2. The molecule has 0 radical (unpaired) electrons. The van der Waals surface area contributed by atoms with Crippen LogP contribution in [0, 0.1) is 11.8 Å². The molecule has 0 amide bonds. The maximum atomic E-state index is 12.5. The summed E-state index contributed by atoms with van der Waals surface area (Å²) in [4.78, 5) is 43.1. The van der Waals surface area contributed by atoms with Crippen LogP contribution < -0.4 is 0 Å². The van der Waals surface area contributed by atoms with Crippen LogP contribution in [0.2, 0.25) is 0 Å². The Hall–Kier alpha value is -1.85. The molecule has 0 aromatic rings. The number of phosphoric ester groups is 1. The lowest BCUT2D eigenvalue weighted by Gasteiger charge is -2.19. The number of ether oxygens (including phenoxy) is 2. The number of allylic oxidation sites excluding steroid dienone is 4. The predicted molar refractivity (Wildman–Crippen MR) is 218 cm³/mol. The van der Waals surface area contributed by atoms with Gasteiger partial charge in [0.2, 0.25) is 0 Å². The fourth-order valence-electron chi connectivity index (χ4n) is 6.89. The van der Waals surface area contributed by atoms with Crippen molar-refractivity contribution in [2.45, 2.75) is 199 Å². The molecule has 1 fully saturated rings. The minimum Gasteiger partial charge on any atom is -0.462 e. The van der Waals surface area contributed by atoms with E-state index in [4.69, 9.17) is 19.3 Å². The van der Waals surface area contributed by atoms with Crippen molar-refractivity contribution in [3.8, 4) is 0 Å². The Morgan fingerprint density at radius 3 is 1.87 bits per heavy atom. The van der Waals surface area contributed by atoms with E-state index in [0.717, 1.165) is 44.9 Å². The van der Waals surface area contributed by atoms with E-state index in [9.17, 15) is 29.5 Å². The summed E-state index contributed by atoms with van der Waals surface area (Å²) in [5, 5.41) is 31.2. The number of esters is 2. The van der Waals surface area contributed by atoms with Crippen LogP contribution in [0.15, 0.2) is 36.5 Å². The topological polar surface area (TPSA) is 180 Å². The number of rotatable bonds is 35. The standard InChI is InChI=1S/C43H77O11P/c1-3-5-7-8-9-10-11-12-13-14-15-16-17-18-19-20-26-30-43(48)54-37(35-53-55(49,50)51)34-52-42(47)29-25-22-21-24-28-38-39(41(46)33-40(38)45)32-31-36(44)27-23-6-4-2/h12-13,21,24,31-32,36-41,44-46H,3-11,14-20,22-23,25-30,33-35H2,1-2H3,(H2,49,50,51)/b13-12-,24-21+,32-31+/t36-,37+,38+,39+,40-,41+/m0/s1. The van der Waals surface area contributed by atoms with Gasteiger partial charge >= 0.3 is 19.8 Å². The highest BCUT2D eigenvalue weighted by molar-refractivity contribution is 7.46.